The fraction of sp³-hybridized carbons (Fsp3) is 0.308. The summed E-state index contributed by atoms with van der Waals surface area (Å²) in [6.07, 6.45) is 2.38. The van der Waals surface area contributed by atoms with Crippen molar-refractivity contribution in [2.24, 2.45) is 0 Å². The van der Waals surface area contributed by atoms with Gasteiger partial charge in [-0.3, -0.25) is 0 Å². The van der Waals surface area contributed by atoms with E-state index in [9.17, 15) is 13.2 Å². The number of carboxylic acid groups (broad SMARTS) is 1. The minimum absolute atomic E-state index is 0.118. The number of carbonyl (C=O) groups is 1. The minimum atomic E-state index is -3.60. The van der Waals surface area contributed by atoms with Gasteiger partial charge in [-0.1, -0.05) is 12.1 Å². The van der Waals surface area contributed by atoms with Crippen LogP contribution in [0.15, 0.2) is 35.2 Å². The Hall–Kier alpha value is -1.70. The summed E-state index contributed by atoms with van der Waals surface area (Å²) in [6, 6.07) is 5.58. The molecule has 0 spiro atoms. The average Bonchev–Trinajstić information content (AvgIpc) is 2.36. The maximum absolute atomic E-state index is 12.0. The Balaban J connectivity index is 2.84. The highest BCUT2D eigenvalue weighted by molar-refractivity contribution is 7.89. The lowest BCUT2D eigenvalue weighted by molar-refractivity contribution is -0.131. The van der Waals surface area contributed by atoms with Gasteiger partial charge in [-0.2, -0.15) is 0 Å². The van der Waals surface area contributed by atoms with E-state index in [4.69, 9.17) is 9.84 Å². The van der Waals surface area contributed by atoms with Gasteiger partial charge < -0.3 is 9.84 Å². The third-order valence-electron chi connectivity index (χ3n) is 2.38. The average molecular weight is 299 g/mol. The van der Waals surface area contributed by atoms with Gasteiger partial charge in [0.25, 0.3) is 0 Å². The molecule has 0 aliphatic heterocycles. The molecule has 2 N–H and O–H groups in total. The van der Waals surface area contributed by atoms with E-state index in [0.29, 0.717) is 5.56 Å². The molecule has 6 nitrogen and oxygen atoms in total. The molecular formula is C13H17NO5S. The van der Waals surface area contributed by atoms with E-state index >= 15 is 0 Å². The van der Waals surface area contributed by atoms with Gasteiger partial charge in [0, 0.05) is 19.2 Å². The summed E-state index contributed by atoms with van der Waals surface area (Å²) in [5.74, 6) is -1.06. The largest absolute Gasteiger partial charge is 0.478 e. The number of hydrogen-bond acceptors (Lipinski definition) is 4. The second-order valence-electron chi connectivity index (χ2n) is 4.22. The predicted molar refractivity (Wildman–Crippen MR) is 74.8 cm³/mol. The number of sulfonamides is 1. The summed E-state index contributed by atoms with van der Waals surface area (Å²) in [5, 5.41) is 8.50. The number of ether oxygens (including phenoxy) is 1. The third kappa shape index (κ3) is 5.12. The lowest BCUT2D eigenvalue weighted by Gasteiger charge is -2.13. The molecule has 1 unspecified atom stereocenters. The van der Waals surface area contributed by atoms with Gasteiger partial charge in [0.05, 0.1) is 11.5 Å². The van der Waals surface area contributed by atoms with Crippen LogP contribution < -0.4 is 4.72 Å². The third-order valence-corrected chi connectivity index (χ3v) is 3.99. The highest BCUT2D eigenvalue weighted by Crippen LogP contribution is 2.12. The number of benzene rings is 1. The summed E-state index contributed by atoms with van der Waals surface area (Å²) in [5.41, 5.74) is 0.608. The van der Waals surface area contributed by atoms with Crippen molar-refractivity contribution in [3.63, 3.8) is 0 Å². The summed E-state index contributed by atoms with van der Waals surface area (Å²) in [4.78, 5) is 10.5. The predicted octanol–water partition coefficient (Wildman–Crippen LogP) is 1.10. The summed E-state index contributed by atoms with van der Waals surface area (Å²) < 4.78 is 31.4. The smallest absolute Gasteiger partial charge is 0.328 e. The Labute approximate surface area is 118 Å². The molecule has 0 amide bonds. The van der Waals surface area contributed by atoms with E-state index in [0.717, 1.165) is 6.08 Å². The SMILES string of the molecule is COCC(C)NS(=O)(=O)c1ccc(/C=C/C(=O)O)cc1. The number of nitrogens with one attached hydrogen (secondary N) is 1. The first-order valence-electron chi connectivity index (χ1n) is 5.87. The zero-order valence-electron chi connectivity index (χ0n) is 11.2. The maximum Gasteiger partial charge on any atom is 0.328 e. The standard InChI is InChI=1S/C13H17NO5S/c1-10(9-19-2)14-20(17,18)12-6-3-11(4-7-12)5-8-13(15)16/h3-8,10,14H,9H2,1-2H3,(H,15,16)/b8-5+. The van der Waals surface area contributed by atoms with Crippen molar-refractivity contribution in [2.45, 2.75) is 17.9 Å². The molecule has 0 aromatic heterocycles. The van der Waals surface area contributed by atoms with Crippen LogP contribution in [0.25, 0.3) is 6.08 Å². The molecule has 0 fully saturated rings. The van der Waals surface area contributed by atoms with Crippen LogP contribution in [-0.4, -0.2) is 39.3 Å². The van der Waals surface area contributed by atoms with Crippen LogP contribution in [0.5, 0.6) is 0 Å². The Morgan fingerprint density at radius 2 is 2.00 bits per heavy atom. The summed E-state index contributed by atoms with van der Waals surface area (Å²) in [6.45, 7) is 1.98. The molecular weight excluding hydrogens is 282 g/mol. The Morgan fingerprint density at radius 3 is 2.50 bits per heavy atom. The Morgan fingerprint density at radius 1 is 1.40 bits per heavy atom. The maximum atomic E-state index is 12.0. The van der Waals surface area contributed by atoms with E-state index < -0.39 is 16.0 Å². The van der Waals surface area contributed by atoms with Gasteiger partial charge >= 0.3 is 5.97 Å². The van der Waals surface area contributed by atoms with Gasteiger partial charge in [0.15, 0.2) is 0 Å². The molecule has 1 aromatic carbocycles. The number of methoxy groups -OCH3 is 1. The summed E-state index contributed by atoms with van der Waals surface area (Å²) >= 11 is 0. The second kappa shape index (κ2) is 7.18. The van der Waals surface area contributed by atoms with Crippen molar-refractivity contribution in [1.82, 2.24) is 4.72 Å². The van der Waals surface area contributed by atoms with Gasteiger partial charge in [-0.25, -0.2) is 17.9 Å². The molecule has 0 aliphatic carbocycles. The molecule has 0 heterocycles. The first-order chi connectivity index (χ1) is 9.35. The van der Waals surface area contributed by atoms with Crippen molar-refractivity contribution >= 4 is 22.1 Å². The molecule has 0 saturated heterocycles. The lowest BCUT2D eigenvalue weighted by atomic mass is 10.2. The highest BCUT2D eigenvalue weighted by atomic mass is 32.2. The first-order valence-corrected chi connectivity index (χ1v) is 7.36. The van der Waals surface area contributed by atoms with Crippen molar-refractivity contribution in [3.05, 3.63) is 35.9 Å². The lowest BCUT2D eigenvalue weighted by Crippen LogP contribution is -2.35. The number of rotatable bonds is 7. The zero-order valence-corrected chi connectivity index (χ0v) is 12.1. The molecule has 20 heavy (non-hydrogen) atoms. The van der Waals surface area contributed by atoms with Crippen LogP contribution >= 0.6 is 0 Å². The van der Waals surface area contributed by atoms with Crippen molar-refractivity contribution in [1.29, 1.82) is 0 Å². The fourth-order valence-electron chi connectivity index (χ4n) is 1.54. The van der Waals surface area contributed by atoms with Crippen LogP contribution in [0.1, 0.15) is 12.5 Å². The van der Waals surface area contributed by atoms with Crippen molar-refractivity contribution in [3.8, 4) is 0 Å². The van der Waals surface area contributed by atoms with E-state index in [2.05, 4.69) is 4.72 Å². The minimum Gasteiger partial charge on any atom is -0.478 e. The zero-order chi connectivity index (χ0) is 15.2. The summed E-state index contributed by atoms with van der Waals surface area (Å²) in [7, 11) is -2.11. The van der Waals surface area contributed by atoms with E-state index in [1.165, 1.54) is 37.5 Å². The van der Waals surface area contributed by atoms with Crippen LogP contribution in [0, 0.1) is 0 Å². The normalized spacial score (nSPS) is 13.5. The molecule has 7 heteroatoms. The van der Waals surface area contributed by atoms with Crippen LogP contribution in [0.3, 0.4) is 0 Å². The topological polar surface area (TPSA) is 92.7 Å². The number of aliphatic carboxylic acids is 1. The number of hydrogen-bond donors (Lipinski definition) is 2. The molecule has 0 bridgehead atoms. The fourth-order valence-corrected chi connectivity index (χ4v) is 2.77. The Kier molecular flexibility index (Phi) is 5.87. The van der Waals surface area contributed by atoms with Crippen LogP contribution in [0.2, 0.25) is 0 Å². The molecule has 1 atom stereocenters. The molecule has 1 aromatic rings. The molecule has 0 radical (unpaired) electrons. The molecule has 1 rings (SSSR count). The van der Waals surface area contributed by atoms with Crippen molar-refractivity contribution < 1.29 is 23.1 Å². The van der Waals surface area contributed by atoms with Crippen molar-refractivity contribution in [2.75, 3.05) is 13.7 Å². The van der Waals surface area contributed by atoms with E-state index in [1.54, 1.807) is 6.92 Å². The molecule has 0 saturated carbocycles. The van der Waals surface area contributed by atoms with E-state index in [-0.39, 0.29) is 17.5 Å². The quantitative estimate of drug-likeness (QED) is 0.735. The van der Waals surface area contributed by atoms with E-state index in [1.807, 2.05) is 0 Å². The van der Waals surface area contributed by atoms with Crippen LogP contribution in [0.4, 0.5) is 0 Å². The number of carboxylic acids is 1. The Bertz CT molecular complexity index is 577. The van der Waals surface area contributed by atoms with Gasteiger partial charge in [-0.15, -0.1) is 0 Å². The van der Waals surface area contributed by atoms with Crippen LogP contribution in [-0.2, 0) is 19.6 Å². The monoisotopic (exact) mass is 299 g/mol. The second-order valence-corrected chi connectivity index (χ2v) is 5.93. The van der Waals surface area contributed by atoms with Gasteiger partial charge in [0.2, 0.25) is 10.0 Å². The van der Waals surface area contributed by atoms with Gasteiger partial charge in [0.1, 0.15) is 0 Å². The molecule has 0 aliphatic rings. The molecule has 110 valence electrons. The highest BCUT2D eigenvalue weighted by Gasteiger charge is 2.16. The van der Waals surface area contributed by atoms with Gasteiger partial charge in [-0.05, 0) is 30.7 Å². The first kappa shape index (κ1) is 16.4.